The Labute approximate surface area is 102 Å². The van der Waals surface area contributed by atoms with Gasteiger partial charge in [-0.3, -0.25) is 0 Å². The third kappa shape index (κ3) is 2.46. The molecule has 4 atom stereocenters. The molecule has 2 fully saturated rings. The summed E-state index contributed by atoms with van der Waals surface area (Å²) < 4.78 is 0. The lowest BCUT2D eigenvalue weighted by molar-refractivity contribution is 0.0405. The Balaban J connectivity index is 2.00. The van der Waals surface area contributed by atoms with Gasteiger partial charge in [0.15, 0.2) is 0 Å². The van der Waals surface area contributed by atoms with Gasteiger partial charge in [-0.15, -0.1) is 0 Å². The van der Waals surface area contributed by atoms with Crippen molar-refractivity contribution in [1.29, 1.82) is 0 Å². The first-order valence-corrected chi connectivity index (χ1v) is 7.59. The van der Waals surface area contributed by atoms with Crippen LogP contribution in [0.4, 0.5) is 0 Å². The van der Waals surface area contributed by atoms with Crippen molar-refractivity contribution in [2.45, 2.75) is 66.2 Å². The molecule has 0 aromatic carbocycles. The van der Waals surface area contributed by atoms with Gasteiger partial charge in [-0.1, -0.05) is 40.5 Å². The second-order valence-corrected chi connectivity index (χ2v) is 7.08. The second-order valence-electron chi connectivity index (χ2n) is 7.08. The summed E-state index contributed by atoms with van der Waals surface area (Å²) in [6.45, 7) is 9.74. The SMILES string of the molecule is CC(C)C1CCC2C(CCCC2C(C)C)C1. The van der Waals surface area contributed by atoms with Crippen molar-refractivity contribution < 1.29 is 0 Å². The van der Waals surface area contributed by atoms with E-state index in [4.69, 9.17) is 0 Å². The maximum atomic E-state index is 2.45. The normalized spacial score (nSPS) is 40.1. The summed E-state index contributed by atoms with van der Waals surface area (Å²) in [5.74, 6) is 6.09. The first kappa shape index (κ1) is 12.5. The molecule has 0 spiro atoms. The fourth-order valence-electron chi connectivity index (χ4n) is 4.48. The third-order valence-corrected chi connectivity index (χ3v) is 5.54. The van der Waals surface area contributed by atoms with Crippen LogP contribution in [0.2, 0.25) is 0 Å². The second kappa shape index (κ2) is 5.10. The fourth-order valence-corrected chi connectivity index (χ4v) is 4.48. The summed E-state index contributed by atoms with van der Waals surface area (Å²) in [6, 6.07) is 0. The molecule has 16 heavy (non-hydrogen) atoms. The Kier molecular flexibility index (Phi) is 3.97. The zero-order valence-electron chi connectivity index (χ0n) is 11.7. The Bertz CT molecular complexity index is 216. The van der Waals surface area contributed by atoms with Crippen LogP contribution < -0.4 is 0 Å². The number of hydrogen-bond acceptors (Lipinski definition) is 0. The van der Waals surface area contributed by atoms with Crippen molar-refractivity contribution >= 4 is 0 Å². The number of hydrogen-bond donors (Lipinski definition) is 0. The molecular weight excluding hydrogens is 192 g/mol. The molecule has 0 amide bonds. The molecule has 0 aromatic rings. The van der Waals surface area contributed by atoms with E-state index in [1.54, 1.807) is 6.42 Å². The van der Waals surface area contributed by atoms with Crippen molar-refractivity contribution in [2.24, 2.45) is 35.5 Å². The van der Waals surface area contributed by atoms with Gasteiger partial charge in [0.25, 0.3) is 0 Å². The molecule has 0 radical (unpaired) electrons. The highest BCUT2D eigenvalue weighted by Gasteiger charge is 2.39. The highest BCUT2D eigenvalue weighted by molar-refractivity contribution is 4.89. The van der Waals surface area contributed by atoms with Crippen LogP contribution in [0.25, 0.3) is 0 Å². The van der Waals surface area contributed by atoms with Crippen LogP contribution >= 0.6 is 0 Å². The minimum atomic E-state index is 0.917. The van der Waals surface area contributed by atoms with Crippen LogP contribution in [-0.2, 0) is 0 Å². The zero-order valence-corrected chi connectivity index (χ0v) is 11.7. The van der Waals surface area contributed by atoms with E-state index in [0.29, 0.717) is 0 Å². The molecule has 0 N–H and O–H groups in total. The largest absolute Gasteiger partial charge is 0.0625 e. The molecule has 0 heteroatoms. The molecule has 94 valence electrons. The van der Waals surface area contributed by atoms with Crippen molar-refractivity contribution in [2.75, 3.05) is 0 Å². The van der Waals surface area contributed by atoms with E-state index in [9.17, 15) is 0 Å². The molecule has 0 heterocycles. The van der Waals surface area contributed by atoms with E-state index in [0.717, 1.165) is 35.5 Å². The predicted octanol–water partition coefficient (Wildman–Crippen LogP) is 5.13. The van der Waals surface area contributed by atoms with Gasteiger partial charge in [-0.2, -0.15) is 0 Å². The van der Waals surface area contributed by atoms with Gasteiger partial charge < -0.3 is 0 Å². The van der Waals surface area contributed by atoms with E-state index in [-0.39, 0.29) is 0 Å². The van der Waals surface area contributed by atoms with Crippen LogP contribution in [-0.4, -0.2) is 0 Å². The van der Waals surface area contributed by atoms with E-state index in [1.165, 1.54) is 32.1 Å². The van der Waals surface area contributed by atoms with Crippen molar-refractivity contribution in [3.05, 3.63) is 0 Å². The van der Waals surface area contributed by atoms with Crippen molar-refractivity contribution in [3.63, 3.8) is 0 Å². The Morgan fingerprint density at radius 1 is 0.812 bits per heavy atom. The molecule has 2 aliphatic rings. The van der Waals surface area contributed by atoms with Crippen LogP contribution in [0.1, 0.15) is 66.2 Å². The van der Waals surface area contributed by atoms with E-state index >= 15 is 0 Å². The third-order valence-electron chi connectivity index (χ3n) is 5.54. The smallest absolute Gasteiger partial charge is 0.0355 e. The monoisotopic (exact) mass is 222 g/mol. The summed E-state index contributed by atoms with van der Waals surface area (Å²) in [5.41, 5.74) is 0. The first-order valence-electron chi connectivity index (χ1n) is 7.59. The molecule has 0 aromatic heterocycles. The molecule has 0 saturated heterocycles. The number of rotatable bonds is 2. The van der Waals surface area contributed by atoms with Gasteiger partial charge in [-0.05, 0) is 61.2 Å². The van der Waals surface area contributed by atoms with Gasteiger partial charge in [0.05, 0.1) is 0 Å². The van der Waals surface area contributed by atoms with E-state index < -0.39 is 0 Å². The lowest BCUT2D eigenvalue weighted by Gasteiger charge is -2.46. The quantitative estimate of drug-likeness (QED) is 0.607. The fraction of sp³-hybridized carbons (Fsp3) is 1.00. The standard InChI is InChI=1S/C16H30/c1-11(2)13-8-9-16-14(10-13)6-5-7-15(16)12(3)4/h11-16H,5-10H2,1-4H3. The van der Waals surface area contributed by atoms with Crippen molar-refractivity contribution in [3.8, 4) is 0 Å². The summed E-state index contributed by atoms with van der Waals surface area (Å²) in [7, 11) is 0. The van der Waals surface area contributed by atoms with Crippen LogP contribution in [0.3, 0.4) is 0 Å². The summed E-state index contributed by atoms with van der Waals surface area (Å²) >= 11 is 0. The van der Waals surface area contributed by atoms with Crippen LogP contribution in [0.5, 0.6) is 0 Å². The van der Waals surface area contributed by atoms with E-state index in [1.807, 2.05) is 0 Å². The molecule has 0 bridgehead atoms. The van der Waals surface area contributed by atoms with E-state index in [2.05, 4.69) is 27.7 Å². The molecule has 0 aliphatic heterocycles. The van der Waals surface area contributed by atoms with Crippen LogP contribution in [0.15, 0.2) is 0 Å². The Hall–Kier alpha value is 0. The minimum Gasteiger partial charge on any atom is -0.0625 e. The maximum Gasteiger partial charge on any atom is -0.0355 e. The van der Waals surface area contributed by atoms with Gasteiger partial charge in [0.2, 0.25) is 0 Å². The molecule has 4 unspecified atom stereocenters. The highest BCUT2D eigenvalue weighted by Crippen LogP contribution is 2.49. The minimum absolute atomic E-state index is 0.917. The molecular formula is C16H30. The average molecular weight is 222 g/mol. The molecule has 2 rings (SSSR count). The maximum absolute atomic E-state index is 2.45. The summed E-state index contributed by atoms with van der Waals surface area (Å²) in [5, 5.41) is 0. The van der Waals surface area contributed by atoms with Crippen LogP contribution in [0, 0.1) is 35.5 Å². The van der Waals surface area contributed by atoms with Gasteiger partial charge >= 0.3 is 0 Å². The average Bonchev–Trinajstić information content (AvgIpc) is 2.27. The Morgan fingerprint density at radius 2 is 1.56 bits per heavy atom. The first-order chi connectivity index (χ1) is 7.59. The lowest BCUT2D eigenvalue weighted by atomic mass is 9.59. The molecule has 2 aliphatic carbocycles. The van der Waals surface area contributed by atoms with Crippen molar-refractivity contribution in [1.82, 2.24) is 0 Å². The highest BCUT2D eigenvalue weighted by atomic mass is 14.4. The van der Waals surface area contributed by atoms with Gasteiger partial charge in [-0.25, -0.2) is 0 Å². The zero-order chi connectivity index (χ0) is 11.7. The van der Waals surface area contributed by atoms with Gasteiger partial charge in [0, 0.05) is 0 Å². The number of fused-ring (bicyclic) bond motifs is 1. The predicted molar refractivity (Wildman–Crippen MR) is 71.3 cm³/mol. The van der Waals surface area contributed by atoms with Gasteiger partial charge in [0.1, 0.15) is 0 Å². The topological polar surface area (TPSA) is 0 Å². The lowest BCUT2D eigenvalue weighted by Crippen LogP contribution is -2.37. The Morgan fingerprint density at radius 3 is 2.19 bits per heavy atom. The molecule has 0 nitrogen and oxygen atoms in total. The molecule has 2 saturated carbocycles. The summed E-state index contributed by atoms with van der Waals surface area (Å²) in [6.07, 6.45) is 9.17. The summed E-state index contributed by atoms with van der Waals surface area (Å²) in [4.78, 5) is 0.